The van der Waals surface area contributed by atoms with Crippen molar-refractivity contribution >= 4 is 29.5 Å². The van der Waals surface area contributed by atoms with Crippen LogP contribution in [-0.2, 0) is 9.59 Å². The minimum Gasteiger partial charge on any atom is -0.350 e. The summed E-state index contributed by atoms with van der Waals surface area (Å²) in [6.45, 7) is 5.37. The second-order valence-electron chi connectivity index (χ2n) is 5.48. The maximum atomic E-state index is 13.5. The van der Waals surface area contributed by atoms with E-state index in [-0.39, 0.29) is 28.6 Å². The van der Waals surface area contributed by atoms with Gasteiger partial charge in [0.05, 0.1) is 11.6 Å². The van der Waals surface area contributed by atoms with E-state index in [1.54, 1.807) is 0 Å². The van der Waals surface area contributed by atoms with Crippen molar-refractivity contribution in [2.24, 2.45) is 0 Å². The summed E-state index contributed by atoms with van der Waals surface area (Å²) in [5, 5.41) is 5.33. The van der Waals surface area contributed by atoms with Crippen molar-refractivity contribution < 1.29 is 14.0 Å². The number of amides is 2. The van der Waals surface area contributed by atoms with E-state index >= 15 is 0 Å². The fourth-order valence-electron chi connectivity index (χ4n) is 1.52. The third kappa shape index (κ3) is 6.40. The topological polar surface area (TPSA) is 58.2 Å². The fourth-order valence-corrected chi connectivity index (χ4v) is 1.74. The predicted octanol–water partition coefficient (Wildman–Crippen LogP) is 2.52. The maximum absolute atomic E-state index is 13.5. The molecule has 1 aromatic rings. The van der Waals surface area contributed by atoms with Crippen LogP contribution in [0.25, 0.3) is 6.08 Å². The largest absolute Gasteiger partial charge is 0.350 e. The summed E-state index contributed by atoms with van der Waals surface area (Å²) in [6, 6.07) is 4.26. The number of hydrogen-bond donors (Lipinski definition) is 2. The maximum Gasteiger partial charge on any atom is 0.244 e. The van der Waals surface area contributed by atoms with Crippen LogP contribution in [0.1, 0.15) is 26.3 Å². The Hall–Kier alpha value is -1.88. The Labute approximate surface area is 128 Å². The third-order valence-electron chi connectivity index (χ3n) is 2.34. The molecular weight excluding hydrogens is 295 g/mol. The molecule has 0 atom stereocenters. The van der Waals surface area contributed by atoms with E-state index in [0.29, 0.717) is 0 Å². The van der Waals surface area contributed by atoms with Gasteiger partial charge in [0.1, 0.15) is 5.82 Å². The lowest BCUT2D eigenvalue weighted by Gasteiger charge is -2.20. The summed E-state index contributed by atoms with van der Waals surface area (Å²) in [4.78, 5) is 23.1. The van der Waals surface area contributed by atoms with E-state index in [2.05, 4.69) is 10.6 Å². The molecular formula is C15H18ClFN2O2. The highest BCUT2D eigenvalue weighted by Crippen LogP contribution is 2.20. The van der Waals surface area contributed by atoms with E-state index in [1.807, 2.05) is 20.8 Å². The van der Waals surface area contributed by atoms with E-state index < -0.39 is 11.7 Å². The second-order valence-corrected chi connectivity index (χ2v) is 5.89. The average Bonchev–Trinajstić information content (AvgIpc) is 2.33. The minimum atomic E-state index is -0.517. The molecule has 0 aliphatic heterocycles. The Bertz CT molecular complexity index is 545. The highest BCUT2D eigenvalue weighted by molar-refractivity contribution is 6.32. The number of halogens is 2. The van der Waals surface area contributed by atoms with Crippen LogP contribution < -0.4 is 10.6 Å². The molecule has 0 aromatic heterocycles. The van der Waals surface area contributed by atoms with E-state index in [0.717, 1.165) is 6.08 Å². The van der Waals surface area contributed by atoms with Crippen molar-refractivity contribution in [3.63, 3.8) is 0 Å². The molecule has 0 aliphatic carbocycles. The fraction of sp³-hybridized carbons (Fsp3) is 0.333. The van der Waals surface area contributed by atoms with Gasteiger partial charge in [-0.1, -0.05) is 17.7 Å². The highest BCUT2D eigenvalue weighted by atomic mass is 35.5. The van der Waals surface area contributed by atoms with Gasteiger partial charge in [-0.2, -0.15) is 0 Å². The van der Waals surface area contributed by atoms with Gasteiger partial charge < -0.3 is 10.6 Å². The average molecular weight is 313 g/mol. The zero-order chi connectivity index (χ0) is 16.0. The molecule has 0 unspecified atom stereocenters. The Balaban J connectivity index is 2.55. The second kappa shape index (κ2) is 7.22. The lowest BCUT2D eigenvalue weighted by atomic mass is 10.1. The molecule has 0 heterocycles. The molecule has 4 nitrogen and oxygen atoms in total. The quantitative estimate of drug-likeness (QED) is 0.839. The lowest BCUT2D eigenvalue weighted by Crippen LogP contribution is -2.45. The van der Waals surface area contributed by atoms with Crippen molar-refractivity contribution in [3.05, 3.63) is 40.7 Å². The van der Waals surface area contributed by atoms with Crippen LogP contribution in [0.3, 0.4) is 0 Å². The van der Waals surface area contributed by atoms with E-state index in [1.165, 1.54) is 24.3 Å². The molecule has 2 N–H and O–H groups in total. The smallest absolute Gasteiger partial charge is 0.244 e. The summed E-state index contributed by atoms with van der Waals surface area (Å²) >= 11 is 5.83. The molecule has 1 aromatic carbocycles. The molecule has 0 bridgehead atoms. The van der Waals surface area contributed by atoms with E-state index in [4.69, 9.17) is 11.6 Å². The van der Waals surface area contributed by atoms with Crippen LogP contribution in [0.4, 0.5) is 4.39 Å². The number of benzene rings is 1. The summed E-state index contributed by atoms with van der Waals surface area (Å²) < 4.78 is 13.5. The number of hydrogen-bond acceptors (Lipinski definition) is 2. The van der Waals surface area contributed by atoms with Crippen molar-refractivity contribution in [1.29, 1.82) is 0 Å². The summed E-state index contributed by atoms with van der Waals surface area (Å²) in [7, 11) is 0. The zero-order valence-electron chi connectivity index (χ0n) is 12.2. The molecule has 0 fully saturated rings. The van der Waals surface area contributed by atoms with Gasteiger partial charge in [-0.15, -0.1) is 0 Å². The summed E-state index contributed by atoms with van der Waals surface area (Å²) in [6.07, 6.45) is 2.41. The molecule has 1 rings (SSSR count). The van der Waals surface area contributed by atoms with Gasteiger partial charge >= 0.3 is 0 Å². The van der Waals surface area contributed by atoms with Crippen LogP contribution in [0.5, 0.6) is 0 Å². The first-order chi connectivity index (χ1) is 9.69. The van der Waals surface area contributed by atoms with Gasteiger partial charge in [-0.05, 0) is 39.0 Å². The van der Waals surface area contributed by atoms with Gasteiger partial charge in [-0.3, -0.25) is 9.59 Å². The molecule has 6 heteroatoms. The van der Waals surface area contributed by atoms with Crippen molar-refractivity contribution in [3.8, 4) is 0 Å². The Morgan fingerprint density at radius 3 is 2.57 bits per heavy atom. The van der Waals surface area contributed by atoms with Gasteiger partial charge in [0.15, 0.2) is 0 Å². The van der Waals surface area contributed by atoms with Crippen LogP contribution in [0, 0.1) is 5.82 Å². The summed E-state index contributed by atoms with van der Waals surface area (Å²) in [5.74, 6) is -1.32. The number of rotatable bonds is 4. The number of carbonyl (C=O) groups excluding carboxylic acids is 2. The molecule has 0 saturated heterocycles. The van der Waals surface area contributed by atoms with Crippen LogP contribution in [0.2, 0.25) is 5.02 Å². The zero-order valence-corrected chi connectivity index (χ0v) is 12.9. The van der Waals surface area contributed by atoms with Crippen LogP contribution in [0.15, 0.2) is 24.3 Å². The molecule has 21 heavy (non-hydrogen) atoms. The van der Waals surface area contributed by atoms with Gasteiger partial charge in [0, 0.05) is 17.2 Å². The minimum absolute atomic E-state index is 0.133. The lowest BCUT2D eigenvalue weighted by molar-refractivity contribution is -0.124. The molecule has 0 spiro atoms. The standard InChI is InChI=1S/C15H18ClFN2O2/c1-15(2,3)19-14(21)9-18-13(20)8-7-10-11(16)5-4-6-12(10)17/h4-8H,9H2,1-3H3,(H,18,20)(H,19,21)/b8-7+. The Morgan fingerprint density at radius 2 is 2.00 bits per heavy atom. The molecule has 2 amide bonds. The van der Waals surface area contributed by atoms with Crippen molar-refractivity contribution in [2.75, 3.05) is 6.54 Å². The summed E-state index contributed by atoms with van der Waals surface area (Å²) in [5.41, 5.74) is -0.230. The SMILES string of the molecule is CC(C)(C)NC(=O)CNC(=O)/C=C/c1c(F)cccc1Cl. The molecule has 0 saturated carbocycles. The molecule has 0 radical (unpaired) electrons. The Morgan fingerprint density at radius 1 is 1.33 bits per heavy atom. The first-order valence-electron chi connectivity index (χ1n) is 6.40. The van der Waals surface area contributed by atoms with Crippen LogP contribution >= 0.6 is 11.6 Å². The molecule has 114 valence electrons. The van der Waals surface area contributed by atoms with Gasteiger partial charge in [-0.25, -0.2) is 4.39 Å². The predicted molar refractivity (Wildman–Crippen MR) is 81.3 cm³/mol. The van der Waals surface area contributed by atoms with E-state index in [9.17, 15) is 14.0 Å². The monoisotopic (exact) mass is 312 g/mol. The highest BCUT2D eigenvalue weighted by Gasteiger charge is 2.13. The normalized spacial score (nSPS) is 11.5. The van der Waals surface area contributed by atoms with Gasteiger partial charge in [0.25, 0.3) is 0 Å². The van der Waals surface area contributed by atoms with Gasteiger partial charge in [0.2, 0.25) is 11.8 Å². The Kier molecular flexibility index (Phi) is 5.90. The number of carbonyl (C=O) groups is 2. The van der Waals surface area contributed by atoms with Crippen LogP contribution in [-0.4, -0.2) is 23.9 Å². The first-order valence-corrected chi connectivity index (χ1v) is 6.78. The number of nitrogens with one attached hydrogen (secondary N) is 2. The third-order valence-corrected chi connectivity index (χ3v) is 2.67. The van der Waals surface area contributed by atoms with Crippen molar-refractivity contribution in [1.82, 2.24) is 10.6 Å². The van der Waals surface area contributed by atoms with Crippen molar-refractivity contribution in [2.45, 2.75) is 26.3 Å². The first kappa shape index (κ1) is 17.2. The molecule has 0 aliphatic rings.